The first-order valence-corrected chi connectivity index (χ1v) is 11.3. The molecule has 5 heteroatoms. The number of carbonyl (C=O) groups is 1. The van der Waals surface area contributed by atoms with Gasteiger partial charge in [0.25, 0.3) is 0 Å². The summed E-state index contributed by atoms with van der Waals surface area (Å²) in [4.78, 5) is 19.6. The van der Waals surface area contributed by atoms with Crippen LogP contribution in [0.4, 0.5) is 0 Å². The Kier molecular flexibility index (Phi) is 5.60. The van der Waals surface area contributed by atoms with Crippen molar-refractivity contribution in [1.82, 2.24) is 9.88 Å². The highest BCUT2D eigenvalue weighted by molar-refractivity contribution is 9.10. The third kappa shape index (κ3) is 3.97. The second-order valence-corrected chi connectivity index (χ2v) is 8.81. The van der Waals surface area contributed by atoms with Crippen molar-refractivity contribution in [2.24, 2.45) is 0 Å². The van der Waals surface area contributed by atoms with Crippen LogP contribution < -0.4 is 0 Å². The predicted octanol–water partition coefficient (Wildman–Crippen LogP) is 6.25. The first kappa shape index (κ1) is 20.6. The fraction of sp³-hybridized carbons (Fsp3) is 0.111. The van der Waals surface area contributed by atoms with Crippen LogP contribution in [0.25, 0.3) is 22.6 Å². The molecular weight excluding hydrogens is 464 g/mol. The third-order valence-corrected chi connectivity index (χ3v) is 6.49. The van der Waals surface area contributed by atoms with Gasteiger partial charge in [-0.2, -0.15) is 0 Å². The zero-order valence-electron chi connectivity index (χ0n) is 17.3. The van der Waals surface area contributed by atoms with E-state index in [1.54, 1.807) is 0 Å². The monoisotopic (exact) mass is 484 g/mol. The Balaban J connectivity index is 1.70. The van der Waals surface area contributed by atoms with Gasteiger partial charge in [-0.05, 0) is 34.9 Å². The number of hydrogen-bond donors (Lipinski definition) is 1. The van der Waals surface area contributed by atoms with Gasteiger partial charge in [-0.25, -0.2) is 9.78 Å². The highest BCUT2D eigenvalue weighted by Crippen LogP contribution is 2.35. The molecule has 0 aliphatic carbocycles. The Morgan fingerprint density at radius 2 is 1.69 bits per heavy atom. The molecule has 3 aromatic carbocycles. The Hall–Kier alpha value is -3.28. The topological polar surface area (TPSA) is 53.4 Å². The lowest BCUT2D eigenvalue weighted by molar-refractivity contribution is 0.0696. The molecule has 0 atom stereocenters. The number of fused-ring (bicyclic) bond motifs is 2. The molecule has 1 N–H and O–H groups in total. The summed E-state index contributed by atoms with van der Waals surface area (Å²) in [6.45, 7) is 1.96. The van der Waals surface area contributed by atoms with Crippen LogP contribution >= 0.6 is 15.9 Å². The van der Waals surface area contributed by atoms with Crippen molar-refractivity contribution >= 4 is 44.5 Å². The maximum atomic E-state index is 12.4. The molecule has 32 heavy (non-hydrogen) atoms. The van der Waals surface area contributed by atoms with Crippen LogP contribution in [0.2, 0.25) is 0 Å². The molecule has 0 amide bonds. The summed E-state index contributed by atoms with van der Waals surface area (Å²) in [6.07, 6.45) is 2.12. The van der Waals surface area contributed by atoms with Crippen molar-refractivity contribution in [3.63, 3.8) is 0 Å². The minimum Gasteiger partial charge on any atom is -0.478 e. The van der Waals surface area contributed by atoms with Gasteiger partial charge in [-0.1, -0.05) is 82.7 Å². The Labute approximate surface area is 195 Å². The zero-order chi connectivity index (χ0) is 22.1. The first-order chi connectivity index (χ1) is 15.6. The van der Waals surface area contributed by atoms with Crippen LogP contribution in [0.15, 0.2) is 83.3 Å². The fourth-order valence-electron chi connectivity index (χ4n) is 4.36. The summed E-state index contributed by atoms with van der Waals surface area (Å²) in [7, 11) is 0. The molecule has 0 bridgehead atoms. The number of halogens is 1. The lowest BCUT2D eigenvalue weighted by atomic mass is 9.91. The van der Waals surface area contributed by atoms with Crippen LogP contribution in [-0.4, -0.2) is 27.5 Å². The molecule has 1 aliphatic rings. The standard InChI is InChI=1S/C27H21BrN2O2/c28-23-12-6-4-10-19(23)14-20-16-30(15-18-8-2-1-3-9-18)17-22-25(27(31)32)21-11-5-7-13-24(21)29-26(20)22/h1-14H,15-17H2,(H,31,32)/b20-14+. The first-order valence-electron chi connectivity index (χ1n) is 10.5. The molecule has 4 aromatic rings. The quantitative estimate of drug-likeness (QED) is 0.371. The van der Waals surface area contributed by atoms with E-state index in [1.807, 2.05) is 66.7 Å². The van der Waals surface area contributed by atoms with Gasteiger partial charge in [0, 0.05) is 35.1 Å². The minimum atomic E-state index is -0.915. The number of carboxylic acid groups (broad SMARTS) is 1. The highest BCUT2D eigenvalue weighted by Gasteiger charge is 2.28. The van der Waals surface area contributed by atoms with Crippen molar-refractivity contribution in [3.05, 3.63) is 111 Å². The smallest absolute Gasteiger partial charge is 0.336 e. The molecule has 0 unspecified atom stereocenters. The molecule has 1 aromatic heterocycles. The zero-order valence-corrected chi connectivity index (χ0v) is 18.9. The Morgan fingerprint density at radius 3 is 2.47 bits per heavy atom. The van der Waals surface area contributed by atoms with Crippen LogP contribution in [0, 0.1) is 0 Å². The number of para-hydroxylation sites is 1. The molecule has 0 radical (unpaired) electrons. The van der Waals surface area contributed by atoms with Gasteiger partial charge >= 0.3 is 5.97 Å². The largest absolute Gasteiger partial charge is 0.478 e. The van der Waals surface area contributed by atoms with E-state index in [-0.39, 0.29) is 0 Å². The van der Waals surface area contributed by atoms with Crippen molar-refractivity contribution in [3.8, 4) is 0 Å². The maximum absolute atomic E-state index is 12.4. The van der Waals surface area contributed by atoms with E-state index >= 15 is 0 Å². The molecule has 0 fully saturated rings. The van der Waals surface area contributed by atoms with Crippen molar-refractivity contribution in [2.75, 3.05) is 6.54 Å². The van der Waals surface area contributed by atoms with E-state index in [2.05, 4.69) is 39.0 Å². The van der Waals surface area contributed by atoms with Gasteiger partial charge in [0.1, 0.15) is 0 Å². The predicted molar refractivity (Wildman–Crippen MR) is 131 cm³/mol. The molecule has 1 aliphatic heterocycles. The molecule has 0 saturated carbocycles. The van der Waals surface area contributed by atoms with E-state index in [9.17, 15) is 9.90 Å². The van der Waals surface area contributed by atoms with Crippen LogP contribution in [0.1, 0.15) is 32.7 Å². The summed E-state index contributed by atoms with van der Waals surface area (Å²) in [5, 5.41) is 10.8. The molecule has 4 nitrogen and oxygen atoms in total. The van der Waals surface area contributed by atoms with E-state index in [0.29, 0.717) is 29.6 Å². The maximum Gasteiger partial charge on any atom is 0.336 e. The second kappa shape index (κ2) is 8.69. The minimum absolute atomic E-state index is 0.349. The number of pyridine rings is 1. The van der Waals surface area contributed by atoms with Gasteiger partial charge < -0.3 is 5.11 Å². The Bertz CT molecular complexity index is 1350. The lowest BCUT2D eigenvalue weighted by Gasteiger charge is -2.31. The van der Waals surface area contributed by atoms with E-state index in [4.69, 9.17) is 4.98 Å². The van der Waals surface area contributed by atoms with E-state index in [0.717, 1.165) is 33.4 Å². The second-order valence-electron chi connectivity index (χ2n) is 7.96. The summed E-state index contributed by atoms with van der Waals surface area (Å²) < 4.78 is 0.994. The molecule has 0 saturated heterocycles. The lowest BCUT2D eigenvalue weighted by Crippen LogP contribution is -2.31. The summed E-state index contributed by atoms with van der Waals surface area (Å²) in [5.41, 5.74) is 5.86. The summed E-state index contributed by atoms with van der Waals surface area (Å²) >= 11 is 3.64. The molecule has 5 rings (SSSR count). The molecule has 158 valence electrons. The SMILES string of the molecule is O=C(O)c1c2c(nc3ccccc13)/C(=C/c1ccccc1Br)CN(Cc1ccccc1)C2. The van der Waals surface area contributed by atoms with E-state index < -0.39 is 5.97 Å². The van der Waals surface area contributed by atoms with Gasteiger partial charge in [-0.15, -0.1) is 0 Å². The molecular formula is C27H21BrN2O2. The van der Waals surface area contributed by atoms with Gasteiger partial charge in [-0.3, -0.25) is 4.90 Å². The van der Waals surface area contributed by atoms with Crippen molar-refractivity contribution in [2.45, 2.75) is 13.1 Å². The van der Waals surface area contributed by atoms with Crippen molar-refractivity contribution < 1.29 is 9.90 Å². The number of aromatic carboxylic acids is 1. The average Bonchev–Trinajstić information content (AvgIpc) is 2.80. The van der Waals surface area contributed by atoms with Crippen LogP contribution in [0.5, 0.6) is 0 Å². The number of benzene rings is 3. The number of carboxylic acids is 1. The number of nitrogens with zero attached hydrogens (tertiary/aromatic N) is 2. The van der Waals surface area contributed by atoms with Crippen LogP contribution in [-0.2, 0) is 13.1 Å². The molecule has 0 spiro atoms. The van der Waals surface area contributed by atoms with Gasteiger partial charge in [0.05, 0.1) is 16.8 Å². The third-order valence-electron chi connectivity index (χ3n) is 5.77. The molecule has 2 heterocycles. The summed E-state index contributed by atoms with van der Waals surface area (Å²) in [6, 6.07) is 25.8. The van der Waals surface area contributed by atoms with Gasteiger partial charge in [0.15, 0.2) is 0 Å². The highest BCUT2D eigenvalue weighted by atomic mass is 79.9. The number of hydrogen-bond acceptors (Lipinski definition) is 3. The average molecular weight is 485 g/mol. The summed E-state index contributed by atoms with van der Waals surface area (Å²) in [5.74, 6) is -0.915. The number of aromatic nitrogens is 1. The van der Waals surface area contributed by atoms with Crippen LogP contribution in [0.3, 0.4) is 0 Å². The normalized spacial score (nSPS) is 15.1. The Morgan fingerprint density at radius 1 is 0.969 bits per heavy atom. The van der Waals surface area contributed by atoms with E-state index in [1.165, 1.54) is 5.56 Å². The van der Waals surface area contributed by atoms with Crippen molar-refractivity contribution in [1.29, 1.82) is 0 Å². The number of rotatable bonds is 4. The van der Waals surface area contributed by atoms with Gasteiger partial charge in [0.2, 0.25) is 0 Å². The fourth-order valence-corrected chi connectivity index (χ4v) is 4.76.